The zero-order valence-electron chi connectivity index (χ0n) is 17.0. The second-order valence-electron chi connectivity index (χ2n) is 7.02. The molecule has 1 aliphatic rings. The number of thioether (sulfide) groups is 1. The topological polar surface area (TPSA) is 82.9 Å². The third-order valence-electron chi connectivity index (χ3n) is 4.55. The molecule has 0 aliphatic carbocycles. The van der Waals surface area contributed by atoms with Crippen LogP contribution in [0.2, 0.25) is 5.02 Å². The zero-order valence-corrected chi connectivity index (χ0v) is 18.6. The number of hydrogen-bond acceptors (Lipinski definition) is 5. The van der Waals surface area contributed by atoms with Crippen LogP contribution in [0.25, 0.3) is 0 Å². The summed E-state index contributed by atoms with van der Waals surface area (Å²) in [5, 5.41) is 14.5. The van der Waals surface area contributed by atoms with Crippen LogP contribution in [0.5, 0.6) is 0 Å². The molecule has 0 radical (unpaired) electrons. The molecule has 8 heteroatoms. The number of nitrogens with zero attached hydrogens (tertiary/aromatic N) is 2. The van der Waals surface area contributed by atoms with Gasteiger partial charge in [-0.2, -0.15) is 5.10 Å². The van der Waals surface area contributed by atoms with E-state index in [0.717, 1.165) is 18.4 Å². The van der Waals surface area contributed by atoms with Crippen LogP contribution >= 0.6 is 23.4 Å². The van der Waals surface area contributed by atoms with E-state index in [0.29, 0.717) is 22.4 Å². The average molecular weight is 437 g/mol. The molecular weight excluding hydrogens is 408 g/mol. The van der Waals surface area contributed by atoms with Crippen molar-refractivity contribution in [2.24, 2.45) is 10.2 Å². The van der Waals surface area contributed by atoms with Crippen molar-refractivity contribution >= 4 is 46.1 Å². The Morgan fingerprint density at radius 1 is 1.17 bits per heavy atom. The highest BCUT2D eigenvalue weighted by atomic mass is 35.5. The molecule has 6 nitrogen and oxygen atoms in total. The first kappa shape index (κ1) is 23.4. The van der Waals surface area contributed by atoms with Gasteiger partial charge in [0.05, 0.1) is 5.71 Å². The molecule has 2 N–H and O–H groups in total. The molecule has 0 aromatic heterocycles. The molecule has 0 bridgehead atoms. The maximum Gasteiger partial charge on any atom is 0.240 e. The SMILES string of the molecule is CCCCCCCCNC(=O)C[C@@H]1S/C(=N/N=C(/C)c2ccc(Cl)cc2)NC1=O. The number of hydrogen-bond donors (Lipinski definition) is 2. The van der Waals surface area contributed by atoms with Gasteiger partial charge in [0.1, 0.15) is 5.25 Å². The Morgan fingerprint density at radius 2 is 1.86 bits per heavy atom. The third kappa shape index (κ3) is 8.58. The van der Waals surface area contributed by atoms with E-state index >= 15 is 0 Å². The fourth-order valence-corrected chi connectivity index (χ4v) is 3.87. The van der Waals surface area contributed by atoms with Crippen LogP contribution in [0, 0.1) is 0 Å². The summed E-state index contributed by atoms with van der Waals surface area (Å²) in [5.74, 6) is -0.309. The summed E-state index contributed by atoms with van der Waals surface area (Å²) in [6.45, 7) is 4.69. The highest BCUT2D eigenvalue weighted by Crippen LogP contribution is 2.22. The first-order valence-corrected chi connectivity index (χ1v) is 11.4. The quantitative estimate of drug-likeness (QED) is 0.304. The largest absolute Gasteiger partial charge is 0.356 e. The van der Waals surface area contributed by atoms with Crippen LogP contribution in [0.1, 0.15) is 64.4 Å². The molecule has 1 aromatic rings. The van der Waals surface area contributed by atoms with Crippen molar-refractivity contribution < 1.29 is 9.59 Å². The van der Waals surface area contributed by atoms with E-state index in [-0.39, 0.29) is 18.2 Å². The number of carbonyl (C=O) groups is 2. The molecule has 2 rings (SSSR count). The van der Waals surface area contributed by atoms with Crippen molar-refractivity contribution in [2.75, 3.05) is 6.54 Å². The van der Waals surface area contributed by atoms with Gasteiger partial charge in [0, 0.05) is 18.0 Å². The van der Waals surface area contributed by atoms with Crippen LogP contribution in [-0.4, -0.2) is 34.5 Å². The monoisotopic (exact) mass is 436 g/mol. The number of amidine groups is 1. The zero-order chi connectivity index (χ0) is 21.1. The average Bonchev–Trinajstić information content (AvgIpc) is 3.05. The van der Waals surface area contributed by atoms with Crippen molar-refractivity contribution in [2.45, 2.75) is 64.0 Å². The Kier molecular flexibility index (Phi) is 10.2. The minimum atomic E-state index is -0.468. The smallest absolute Gasteiger partial charge is 0.240 e. The van der Waals surface area contributed by atoms with Gasteiger partial charge in [-0.05, 0) is 31.0 Å². The van der Waals surface area contributed by atoms with Crippen LogP contribution < -0.4 is 10.6 Å². The van der Waals surface area contributed by atoms with Gasteiger partial charge in [-0.3, -0.25) is 9.59 Å². The Bertz CT molecular complexity index is 750. The summed E-state index contributed by atoms with van der Waals surface area (Å²) < 4.78 is 0. The third-order valence-corrected chi connectivity index (χ3v) is 5.88. The van der Waals surface area contributed by atoms with Crippen molar-refractivity contribution in [3.05, 3.63) is 34.9 Å². The van der Waals surface area contributed by atoms with Gasteiger partial charge in [0.15, 0.2) is 5.17 Å². The lowest BCUT2D eigenvalue weighted by Crippen LogP contribution is -2.31. The molecular formula is C21H29ClN4O2S. The second kappa shape index (κ2) is 12.6. The van der Waals surface area contributed by atoms with Crippen LogP contribution in [-0.2, 0) is 9.59 Å². The van der Waals surface area contributed by atoms with Gasteiger partial charge in [0.2, 0.25) is 11.8 Å². The van der Waals surface area contributed by atoms with Crippen molar-refractivity contribution in [1.82, 2.24) is 10.6 Å². The van der Waals surface area contributed by atoms with Crippen molar-refractivity contribution in [3.8, 4) is 0 Å². The molecule has 2 amide bonds. The van der Waals surface area contributed by atoms with Crippen LogP contribution in [0.15, 0.2) is 34.5 Å². The minimum absolute atomic E-state index is 0.103. The summed E-state index contributed by atoms with van der Waals surface area (Å²) in [4.78, 5) is 24.2. The van der Waals surface area contributed by atoms with Gasteiger partial charge in [-0.1, -0.05) is 74.5 Å². The van der Waals surface area contributed by atoms with Gasteiger partial charge in [-0.25, -0.2) is 0 Å². The van der Waals surface area contributed by atoms with E-state index in [1.165, 1.54) is 37.4 Å². The van der Waals surface area contributed by atoms with Gasteiger partial charge in [-0.15, -0.1) is 5.10 Å². The Labute approximate surface area is 182 Å². The molecule has 158 valence electrons. The van der Waals surface area contributed by atoms with Gasteiger partial charge in [0.25, 0.3) is 0 Å². The number of halogens is 1. The van der Waals surface area contributed by atoms with Crippen LogP contribution in [0.3, 0.4) is 0 Å². The Balaban J connectivity index is 1.74. The van der Waals surface area contributed by atoms with E-state index in [9.17, 15) is 9.59 Å². The van der Waals surface area contributed by atoms with Crippen molar-refractivity contribution in [3.63, 3.8) is 0 Å². The van der Waals surface area contributed by atoms with E-state index in [1.54, 1.807) is 12.1 Å². The number of unbranched alkanes of at least 4 members (excludes halogenated alkanes) is 5. The maximum absolute atomic E-state index is 12.1. The lowest BCUT2D eigenvalue weighted by Gasteiger charge is -2.07. The molecule has 0 saturated carbocycles. The minimum Gasteiger partial charge on any atom is -0.356 e. The summed E-state index contributed by atoms with van der Waals surface area (Å²) in [6.07, 6.45) is 7.21. The summed E-state index contributed by atoms with van der Waals surface area (Å²) in [6, 6.07) is 7.29. The fourth-order valence-electron chi connectivity index (χ4n) is 2.83. The molecule has 1 saturated heterocycles. The predicted molar refractivity (Wildman–Crippen MR) is 122 cm³/mol. The number of rotatable bonds is 11. The molecule has 0 unspecified atom stereocenters. The number of carbonyl (C=O) groups excluding carboxylic acids is 2. The van der Waals surface area contributed by atoms with E-state index in [4.69, 9.17) is 11.6 Å². The Hall–Kier alpha value is -1.86. The molecule has 1 aromatic carbocycles. The summed E-state index contributed by atoms with van der Waals surface area (Å²) >= 11 is 7.13. The number of benzene rings is 1. The maximum atomic E-state index is 12.1. The summed E-state index contributed by atoms with van der Waals surface area (Å²) in [7, 11) is 0. The van der Waals surface area contributed by atoms with Crippen LogP contribution in [0.4, 0.5) is 0 Å². The highest BCUT2D eigenvalue weighted by Gasteiger charge is 2.32. The molecule has 29 heavy (non-hydrogen) atoms. The molecule has 1 heterocycles. The molecule has 1 aliphatic heterocycles. The van der Waals surface area contributed by atoms with Crippen molar-refractivity contribution in [1.29, 1.82) is 0 Å². The second-order valence-corrected chi connectivity index (χ2v) is 8.64. The lowest BCUT2D eigenvalue weighted by molar-refractivity contribution is -0.125. The Morgan fingerprint density at radius 3 is 2.59 bits per heavy atom. The standard InChI is InChI=1S/C21H29ClN4O2S/c1-3-4-5-6-7-8-13-23-19(27)14-18-20(28)24-21(29-18)26-25-15(2)16-9-11-17(22)12-10-16/h9-12,18H,3-8,13-14H2,1-2H3,(H,23,27)(H,24,26,28)/b25-15-/t18-/m0/s1. The number of nitrogens with one attached hydrogen (secondary N) is 2. The fraction of sp³-hybridized carbons (Fsp3) is 0.524. The molecule has 1 atom stereocenters. The molecule has 0 spiro atoms. The van der Waals surface area contributed by atoms with E-state index in [1.807, 2.05) is 19.1 Å². The number of amides is 2. The first-order valence-electron chi connectivity index (χ1n) is 10.1. The van der Waals surface area contributed by atoms with Gasteiger partial charge < -0.3 is 10.6 Å². The summed E-state index contributed by atoms with van der Waals surface area (Å²) in [5.41, 5.74) is 1.61. The normalized spacial score (nSPS) is 18.2. The first-order chi connectivity index (χ1) is 14.0. The highest BCUT2D eigenvalue weighted by molar-refractivity contribution is 8.15. The lowest BCUT2D eigenvalue weighted by atomic mass is 10.1. The molecule has 1 fully saturated rings. The van der Waals surface area contributed by atoms with Gasteiger partial charge >= 0.3 is 0 Å². The van der Waals surface area contributed by atoms with E-state index in [2.05, 4.69) is 27.8 Å². The van der Waals surface area contributed by atoms with E-state index < -0.39 is 5.25 Å². The predicted octanol–water partition coefficient (Wildman–Crippen LogP) is 4.52.